The highest BCUT2D eigenvalue weighted by Gasteiger charge is 2.36. The molecule has 112 valence electrons. The van der Waals surface area contributed by atoms with E-state index in [0.29, 0.717) is 19.4 Å². The van der Waals surface area contributed by atoms with Gasteiger partial charge < -0.3 is 15.7 Å². The van der Waals surface area contributed by atoms with Crippen LogP contribution in [0.15, 0.2) is 6.20 Å². The monoisotopic (exact) mass is 282 g/mol. The molecule has 3 N–H and O–H groups in total. The number of carboxylic acid groups (broad SMARTS) is 1. The third-order valence-corrected chi connectivity index (χ3v) is 3.75. The number of carboxylic acids is 1. The van der Waals surface area contributed by atoms with Gasteiger partial charge in [0.25, 0.3) is 0 Å². The maximum Gasteiger partial charge on any atom is 0.329 e. The van der Waals surface area contributed by atoms with E-state index < -0.39 is 17.5 Å². The van der Waals surface area contributed by atoms with Crippen molar-refractivity contribution < 1.29 is 14.7 Å². The molecule has 1 heterocycles. The molecule has 7 heteroatoms. The number of aromatic nitrogens is 2. The summed E-state index contributed by atoms with van der Waals surface area (Å²) in [4.78, 5) is 23.2. The van der Waals surface area contributed by atoms with Crippen LogP contribution >= 0.6 is 0 Å². The predicted molar refractivity (Wildman–Crippen MR) is 74.3 cm³/mol. The first-order valence-electron chi connectivity index (χ1n) is 6.63. The molecule has 0 bridgehead atoms. The molecule has 0 saturated heterocycles. The van der Waals surface area contributed by atoms with Crippen LogP contribution in [0.1, 0.15) is 37.9 Å². The number of nitrogens with zero attached hydrogens (tertiary/aromatic N) is 2. The van der Waals surface area contributed by atoms with Crippen LogP contribution in [-0.4, -0.2) is 32.4 Å². The van der Waals surface area contributed by atoms with Crippen molar-refractivity contribution in [1.82, 2.24) is 20.4 Å². The topological polar surface area (TPSA) is 96.3 Å². The van der Waals surface area contributed by atoms with Crippen molar-refractivity contribution in [3.63, 3.8) is 0 Å². The van der Waals surface area contributed by atoms with Crippen LogP contribution in [0.3, 0.4) is 0 Å². The number of carbonyl (C=O) groups excluding carboxylic acids is 1. The second-order valence-corrected chi connectivity index (χ2v) is 4.78. The Bertz CT molecular complexity index is 492. The summed E-state index contributed by atoms with van der Waals surface area (Å²) in [6, 6.07) is -0.487. The lowest BCUT2D eigenvalue weighted by Gasteiger charge is -2.28. The minimum atomic E-state index is -1.21. The number of rotatable bonds is 6. The van der Waals surface area contributed by atoms with E-state index in [4.69, 9.17) is 0 Å². The molecule has 0 fully saturated rings. The molecular weight excluding hydrogens is 260 g/mol. The van der Waals surface area contributed by atoms with Gasteiger partial charge in [-0.25, -0.2) is 9.59 Å². The standard InChI is InChI=1S/C13H22N4O3/c1-5-13(6-2,11(18)19)16-12(20)14-7-10-8-15-17(4)9(10)3/h8H,5-7H2,1-4H3,(H,18,19)(H2,14,16,20). The molecule has 20 heavy (non-hydrogen) atoms. The fourth-order valence-electron chi connectivity index (χ4n) is 1.94. The average Bonchev–Trinajstić information content (AvgIpc) is 2.73. The molecule has 0 saturated carbocycles. The van der Waals surface area contributed by atoms with Gasteiger partial charge in [0.05, 0.1) is 6.20 Å². The van der Waals surface area contributed by atoms with Crippen molar-refractivity contribution in [3.05, 3.63) is 17.5 Å². The lowest BCUT2D eigenvalue weighted by Crippen LogP contribution is -2.56. The van der Waals surface area contributed by atoms with Crippen molar-refractivity contribution >= 4 is 12.0 Å². The summed E-state index contributed by atoms with van der Waals surface area (Å²) in [7, 11) is 1.82. The van der Waals surface area contributed by atoms with E-state index in [1.807, 2.05) is 14.0 Å². The summed E-state index contributed by atoms with van der Waals surface area (Å²) in [5, 5.41) is 18.5. The first kappa shape index (κ1) is 16.0. The Morgan fingerprint density at radius 3 is 2.40 bits per heavy atom. The van der Waals surface area contributed by atoms with Crippen LogP contribution in [0.2, 0.25) is 0 Å². The van der Waals surface area contributed by atoms with Gasteiger partial charge in [0, 0.05) is 24.8 Å². The summed E-state index contributed by atoms with van der Waals surface area (Å²) in [5.74, 6) is -1.02. The van der Waals surface area contributed by atoms with E-state index in [1.54, 1.807) is 24.7 Å². The Morgan fingerprint density at radius 2 is 2.00 bits per heavy atom. The maximum atomic E-state index is 11.9. The van der Waals surface area contributed by atoms with Crippen LogP contribution in [0, 0.1) is 6.92 Å². The fourth-order valence-corrected chi connectivity index (χ4v) is 1.94. The zero-order chi connectivity index (χ0) is 15.3. The largest absolute Gasteiger partial charge is 0.480 e. The summed E-state index contributed by atoms with van der Waals surface area (Å²) in [6.07, 6.45) is 2.34. The number of amides is 2. The van der Waals surface area contributed by atoms with Gasteiger partial charge in [-0.1, -0.05) is 13.8 Å². The third-order valence-electron chi connectivity index (χ3n) is 3.75. The minimum Gasteiger partial charge on any atom is -0.480 e. The molecule has 1 aromatic heterocycles. The van der Waals surface area contributed by atoms with Crippen molar-refractivity contribution in [2.45, 2.75) is 45.7 Å². The van der Waals surface area contributed by atoms with E-state index in [0.717, 1.165) is 11.3 Å². The second-order valence-electron chi connectivity index (χ2n) is 4.78. The molecule has 0 aliphatic carbocycles. The number of hydrogen-bond acceptors (Lipinski definition) is 3. The zero-order valence-electron chi connectivity index (χ0n) is 12.4. The maximum absolute atomic E-state index is 11.9. The van der Waals surface area contributed by atoms with E-state index >= 15 is 0 Å². The first-order chi connectivity index (χ1) is 9.36. The Balaban J connectivity index is 2.63. The van der Waals surface area contributed by atoms with Crippen LogP contribution < -0.4 is 10.6 Å². The number of urea groups is 1. The quantitative estimate of drug-likeness (QED) is 0.729. The Labute approximate surface area is 118 Å². The number of nitrogens with one attached hydrogen (secondary N) is 2. The van der Waals surface area contributed by atoms with Crippen molar-refractivity contribution in [3.8, 4) is 0 Å². The number of hydrogen-bond donors (Lipinski definition) is 3. The molecular formula is C13H22N4O3. The molecule has 0 radical (unpaired) electrons. The normalized spacial score (nSPS) is 11.2. The molecule has 0 aliphatic heterocycles. The smallest absolute Gasteiger partial charge is 0.329 e. The molecule has 1 aromatic rings. The van der Waals surface area contributed by atoms with E-state index in [9.17, 15) is 14.7 Å². The Kier molecular flexibility index (Phi) is 5.12. The zero-order valence-corrected chi connectivity index (χ0v) is 12.4. The molecule has 7 nitrogen and oxygen atoms in total. The highest BCUT2D eigenvalue weighted by molar-refractivity contribution is 5.86. The van der Waals surface area contributed by atoms with Crippen molar-refractivity contribution in [2.75, 3.05) is 0 Å². The van der Waals surface area contributed by atoms with Gasteiger partial charge in [0.2, 0.25) is 0 Å². The Morgan fingerprint density at radius 1 is 1.40 bits per heavy atom. The van der Waals surface area contributed by atoms with Gasteiger partial charge in [-0.15, -0.1) is 0 Å². The van der Waals surface area contributed by atoms with E-state index in [1.165, 1.54) is 0 Å². The van der Waals surface area contributed by atoms with Gasteiger partial charge in [-0.3, -0.25) is 4.68 Å². The van der Waals surface area contributed by atoms with Gasteiger partial charge in [0.1, 0.15) is 5.54 Å². The first-order valence-corrected chi connectivity index (χ1v) is 6.63. The van der Waals surface area contributed by atoms with Crippen molar-refractivity contribution in [2.24, 2.45) is 7.05 Å². The molecule has 0 atom stereocenters. The highest BCUT2D eigenvalue weighted by Crippen LogP contribution is 2.15. The number of carbonyl (C=O) groups is 2. The van der Waals surface area contributed by atoms with Crippen LogP contribution in [-0.2, 0) is 18.4 Å². The SMILES string of the molecule is CCC(CC)(NC(=O)NCc1cnn(C)c1C)C(=O)O. The van der Waals surface area contributed by atoms with Gasteiger partial charge in [-0.05, 0) is 19.8 Å². The second kappa shape index (κ2) is 6.40. The molecule has 0 aliphatic rings. The fraction of sp³-hybridized carbons (Fsp3) is 0.615. The van der Waals surface area contributed by atoms with Gasteiger partial charge in [-0.2, -0.15) is 5.10 Å². The molecule has 2 amide bonds. The third kappa shape index (κ3) is 3.28. The average molecular weight is 282 g/mol. The predicted octanol–water partition coefficient (Wildman–Crippen LogP) is 1.17. The molecule has 0 spiro atoms. The van der Waals surface area contributed by atoms with Gasteiger partial charge in [0.15, 0.2) is 0 Å². The Hall–Kier alpha value is -2.05. The van der Waals surface area contributed by atoms with Crippen molar-refractivity contribution in [1.29, 1.82) is 0 Å². The number of aliphatic carboxylic acids is 1. The van der Waals surface area contributed by atoms with Crippen LogP contribution in [0.5, 0.6) is 0 Å². The van der Waals surface area contributed by atoms with E-state index in [2.05, 4.69) is 15.7 Å². The summed E-state index contributed by atoms with van der Waals surface area (Å²) < 4.78 is 1.72. The molecule has 1 rings (SSSR count). The highest BCUT2D eigenvalue weighted by atomic mass is 16.4. The molecule has 0 aromatic carbocycles. The van der Waals surface area contributed by atoms with Gasteiger partial charge >= 0.3 is 12.0 Å². The summed E-state index contributed by atoms with van der Waals surface area (Å²) >= 11 is 0. The number of aryl methyl sites for hydroxylation is 1. The lowest BCUT2D eigenvalue weighted by atomic mass is 9.93. The summed E-state index contributed by atoms with van der Waals surface area (Å²) in [6.45, 7) is 5.70. The van der Waals surface area contributed by atoms with E-state index in [-0.39, 0.29) is 0 Å². The lowest BCUT2D eigenvalue weighted by molar-refractivity contribution is -0.144. The molecule has 0 unspecified atom stereocenters. The minimum absolute atomic E-state index is 0.314. The summed E-state index contributed by atoms with van der Waals surface area (Å²) in [5.41, 5.74) is 0.644. The van der Waals surface area contributed by atoms with Crippen LogP contribution in [0.25, 0.3) is 0 Å². The van der Waals surface area contributed by atoms with Crippen LogP contribution in [0.4, 0.5) is 4.79 Å².